The number of halogens is 1. The van der Waals surface area contributed by atoms with E-state index in [0.29, 0.717) is 16.3 Å². The van der Waals surface area contributed by atoms with Gasteiger partial charge in [-0.15, -0.1) is 0 Å². The molecular weight excluding hydrogens is 292 g/mol. The summed E-state index contributed by atoms with van der Waals surface area (Å²) in [6.45, 7) is 1.56. The Balaban J connectivity index is 2.25. The lowest BCUT2D eigenvalue weighted by molar-refractivity contribution is 0.0707. The molecule has 0 aromatic heterocycles. The molecule has 1 aliphatic rings. The van der Waals surface area contributed by atoms with Crippen molar-refractivity contribution in [3.8, 4) is 5.75 Å². The molecule has 7 heteroatoms. The molecule has 0 bridgehead atoms. The van der Waals surface area contributed by atoms with Gasteiger partial charge in [-0.2, -0.15) is 0 Å². The van der Waals surface area contributed by atoms with Crippen molar-refractivity contribution in [3.63, 3.8) is 0 Å². The molecule has 0 amide bonds. The number of hydrogen-bond donors (Lipinski definition) is 2. The first kappa shape index (κ1) is 14.6. The maximum Gasteiger partial charge on any atom is 0.156 e. The Morgan fingerprint density at radius 2 is 2.11 bits per heavy atom. The molecule has 1 fully saturated rings. The Labute approximate surface area is 116 Å². The lowest BCUT2D eigenvalue weighted by Gasteiger charge is -2.19. The molecule has 0 saturated carbocycles. The molecule has 1 heterocycles. The van der Waals surface area contributed by atoms with Gasteiger partial charge in [-0.05, 0) is 25.1 Å². The SMILES string of the molecule is CC(O)c1cc(Cl)ccc1OC1CS(=O)(=O)CC1O. The number of benzene rings is 1. The van der Waals surface area contributed by atoms with E-state index in [2.05, 4.69) is 0 Å². The summed E-state index contributed by atoms with van der Waals surface area (Å²) < 4.78 is 28.3. The van der Waals surface area contributed by atoms with Crippen LogP contribution in [0.4, 0.5) is 0 Å². The smallest absolute Gasteiger partial charge is 0.156 e. The van der Waals surface area contributed by atoms with Crippen LogP contribution in [0.15, 0.2) is 18.2 Å². The van der Waals surface area contributed by atoms with E-state index in [1.807, 2.05) is 0 Å². The standard InChI is InChI=1S/C12H15ClO5S/c1-7(14)9-4-8(13)2-3-11(9)18-12-6-19(16,17)5-10(12)15/h2-4,7,10,12,14-15H,5-6H2,1H3. The van der Waals surface area contributed by atoms with Crippen molar-refractivity contribution in [3.05, 3.63) is 28.8 Å². The second-order valence-electron chi connectivity index (χ2n) is 4.66. The number of aliphatic hydroxyl groups is 2. The van der Waals surface area contributed by atoms with Gasteiger partial charge in [-0.3, -0.25) is 0 Å². The van der Waals surface area contributed by atoms with E-state index in [1.165, 1.54) is 0 Å². The number of sulfone groups is 1. The fraction of sp³-hybridized carbons (Fsp3) is 0.500. The fourth-order valence-corrected chi connectivity index (χ4v) is 3.87. The summed E-state index contributed by atoms with van der Waals surface area (Å²) >= 11 is 5.84. The summed E-state index contributed by atoms with van der Waals surface area (Å²) in [6.07, 6.45) is -2.67. The summed E-state index contributed by atoms with van der Waals surface area (Å²) in [7, 11) is -3.27. The van der Waals surface area contributed by atoms with Gasteiger partial charge in [0.2, 0.25) is 0 Å². The molecule has 5 nitrogen and oxygen atoms in total. The molecule has 0 spiro atoms. The average molecular weight is 307 g/mol. The Kier molecular flexibility index (Phi) is 4.06. The van der Waals surface area contributed by atoms with Gasteiger partial charge in [-0.25, -0.2) is 8.42 Å². The lowest BCUT2D eigenvalue weighted by Crippen LogP contribution is -2.30. The highest BCUT2D eigenvalue weighted by Gasteiger charge is 2.38. The molecule has 19 heavy (non-hydrogen) atoms. The highest BCUT2D eigenvalue weighted by atomic mass is 35.5. The Morgan fingerprint density at radius 1 is 1.42 bits per heavy atom. The van der Waals surface area contributed by atoms with E-state index in [4.69, 9.17) is 16.3 Å². The van der Waals surface area contributed by atoms with Crippen LogP contribution in [0.1, 0.15) is 18.6 Å². The molecule has 0 radical (unpaired) electrons. The van der Waals surface area contributed by atoms with Crippen LogP contribution in [-0.2, 0) is 9.84 Å². The summed E-state index contributed by atoms with van der Waals surface area (Å²) in [6, 6.07) is 4.69. The van der Waals surface area contributed by atoms with Crippen molar-refractivity contribution in [1.29, 1.82) is 0 Å². The van der Waals surface area contributed by atoms with Crippen molar-refractivity contribution in [1.82, 2.24) is 0 Å². The van der Waals surface area contributed by atoms with E-state index in [0.717, 1.165) is 0 Å². The van der Waals surface area contributed by atoms with Crippen LogP contribution in [0.5, 0.6) is 5.75 Å². The monoisotopic (exact) mass is 306 g/mol. The van der Waals surface area contributed by atoms with Gasteiger partial charge >= 0.3 is 0 Å². The summed E-state index contributed by atoms with van der Waals surface area (Å²) in [4.78, 5) is 0. The van der Waals surface area contributed by atoms with Gasteiger partial charge in [0.25, 0.3) is 0 Å². The zero-order valence-corrected chi connectivity index (χ0v) is 11.9. The van der Waals surface area contributed by atoms with E-state index >= 15 is 0 Å². The quantitative estimate of drug-likeness (QED) is 0.868. The van der Waals surface area contributed by atoms with Gasteiger partial charge in [0, 0.05) is 10.6 Å². The first-order chi connectivity index (χ1) is 8.78. The normalized spacial score (nSPS) is 27.2. The minimum Gasteiger partial charge on any atom is -0.486 e. The van der Waals surface area contributed by atoms with Gasteiger partial charge in [0.15, 0.2) is 9.84 Å². The Hall–Kier alpha value is -0.820. The molecule has 1 saturated heterocycles. The van der Waals surface area contributed by atoms with Crippen molar-refractivity contribution in [2.24, 2.45) is 0 Å². The summed E-state index contributed by atoms with van der Waals surface area (Å²) in [5.74, 6) is -0.189. The largest absolute Gasteiger partial charge is 0.486 e. The fourth-order valence-electron chi connectivity index (χ4n) is 2.03. The molecule has 1 aromatic carbocycles. The van der Waals surface area contributed by atoms with Crippen LogP contribution in [-0.4, -0.2) is 42.3 Å². The average Bonchev–Trinajstić information content (AvgIpc) is 2.54. The van der Waals surface area contributed by atoms with Gasteiger partial charge in [0.05, 0.1) is 17.6 Å². The molecule has 106 valence electrons. The molecular formula is C12H15ClO5S. The second-order valence-corrected chi connectivity index (χ2v) is 7.25. The van der Waals surface area contributed by atoms with Gasteiger partial charge in [0.1, 0.15) is 18.0 Å². The van der Waals surface area contributed by atoms with Crippen LogP contribution < -0.4 is 4.74 Å². The van der Waals surface area contributed by atoms with Crippen LogP contribution in [0, 0.1) is 0 Å². The number of ether oxygens (including phenoxy) is 1. The maximum absolute atomic E-state index is 11.4. The molecule has 2 rings (SSSR count). The first-order valence-electron chi connectivity index (χ1n) is 5.81. The summed E-state index contributed by atoms with van der Waals surface area (Å²) in [5, 5.41) is 19.8. The predicted octanol–water partition coefficient (Wildman–Crippen LogP) is 0.930. The molecule has 0 aliphatic carbocycles. The lowest BCUT2D eigenvalue weighted by atomic mass is 10.1. The van der Waals surface area contributed by atoms with Gasteiger partial charge < -0.3 is 14.9 Å². The number of rotatable bonds is 3. The highest BCUT2D eigenvalue weighted by Crippen LogP contribution is 2.30. The maximum atomic E-state index is 11.4. The van der Waals surface area contributed by atoms with E-state index < -0.39 is 28.1 Å². The predicted molar refractivity (Wildman–Crippen MR) is 71.2 cm³/mol. The van der Waals surface area contributed by atoms with Gasteiger partial charge in [-0.1, -0.05) is 11.6 Å². The third kappa shape index (κ3) is 3.39. The second kappa shape index (κ2) is 5.28. The van der Waals surface area contributed by atoms with Crippen LogP contribution in [0.3, 0.4) is 0 Å². The van der Waals surface area contributed by atoms with E-state index in [9.17, 15) is 18.6 Å². The number of hydrogen-bond acceptors (Lipinski definition) is 5. The van der Waals surface area contributed by atoms with E-state index in [1.54, 1.807) is 25.1 Å². The van der Waals surface area contributed by atoms with Crippen LogP contribution in [0.25, 0.3) is 0 Å². The zero-order chi connectivity index (χ0) is 14.2. The Bertz CT molecular complexity index is 569. The van der Waals surface area contributed by atoms with Crippen LogP contribution >= 0.6 is 11.6 Å². The van der Waals surface area contributed by atoms with Crippen LogP contribution in [0.2, 0.25) is 5.02 Å². The number of aliphatic hydroxyl groups excluding tert-OH is 2. The molecule has 1 aliphatic heterocycles. The zero-order valence-electron chi connectivity index (χ0n) is 10.3. The molecule has 3 atom stereocenters. The van der Waals surface area contributed by atoms with Crippen molar-refractivity contribution in [2.75, 3.05) is 11.5 Å². The van der Waals surface area contributed by atoms with E-state index in [-0.39, 0.29) is 11.5 Å². The minimum absolute atomic E-state index is 0.226. The van der Waals surface area contributed by atoms with Crippen molar-refractivity contribution in [2.45, 2.75) is 25.2 Å². The first-order valence-corrected chi connectivity index (χ1v) is 8.01. The third-order valence-corrected chi connectivity index (χ3v) is 4.89. The topological polar surface area (TPSA) is 83.8 Å². The molecule has 2 N–H and O–H groups in total. The summed E-state index contributed by atoms with van der Waals surface area (Å²) in [5.41, 5.74) is 0.462. The van der Waals surface area contributed by atoms with Crippen molar-refractivity contribution >= 4 is 21.4 Å². The third-order valence-electron chi connectivity index (χ3n) is 2.97. The Morgan fingerprint density at radius 3 is 2.63 bits per heavy atom. The molecule has 3 unspecified atom stereocenters. The van der Waals surface area contributed by atoms with Crippen molar-refractivity contribution < 1.29 is 23.4 Å². The minimum atomic E-state index is -3.27. The highest BCUT2D eigenvalue weighted by molar-refractivity contribution is 7.91. The molecule has 1 aromatic rings.